The summed E-state index contributed by atoms with van der Waals surface area (Å²) in [7, 11) is 2.01. The first kappa shape index (κ1) is 13.0. The number of carboxylic acid groups (broad SMARTS) is 1. The Morgan fingerprint density at radius 2 is 2.12 bits per heavy atom. The van der Waals surface area contributed by atoms with Crippen molar-refractivity contribution in [2.45, 2.75) is 32.7 Å². The van der Waals surface area contributed by atoms with Crippen LogP contribution in [-0.2, 0) is 9.59 Å². The summed E-state index contributed by atoms with van der Waals surface area (Å²) in [6.45, 7) is 4.96. The third-order valence-corrected chi connectivity index (χ3v) is 2.94. The molecular weight excluding hydrogens is 208 g/mol. The molecule has 0 aliphatic carbocycles. The van der Waals surface area contributed by atoms with Crippen LogP contribution in [0.15, 0.2) is 0 Å². The van der Waals surface area contributed by atoms with Crippen molar-refractivity contribution < 1.29 is 14.7 Å². The molecule has 1 fully saturated rings. The molecule has 1 saturated heterocycles. The molecule has 92 valence electrons. The first-order valence-electron chi connectivity index (χ1n) is 5.52. The van der Waals surface area contributed by atoms with Gasteiger partial charge in [0.15, 0.2) is 0 Å². The Bertz CT molecular complexity index is 289. The maximum atomic E-state index is 11.6. The van der Waals surface area contributed by atoms with Gasteiger partial charge in [-0.2, -0.15) is 0 Å². The van der Waals surface area contributed by atoms with Gasteiger partial charge >= 0.3 is 5.97 Å². The Morgan fingerprint density at radius 3 is 2.56 bits per heavy atom. The molecule has 0 aromatic rings. The maximum absolute atomic E-state index is 11.6. The van der Waals surface area contributed by atoms with E-state index in [-0.39, 0.29) is 18.4 Å². The number of likely N-dealkylation sites (tertiary alicyclic amines) is 1. The first-order chi connectivity index (χ1) is 7.31. The van der Waals surface area contributed by atoms with E-state index in [2.05, 4.69) is 10.2 Å². The Labute approximate surface area is 95.8 Å². The highest BCUT2D eigenvalue weighted by atomic mass is 16.4. The second kappa shape index (κ2) is 4.82. The maximum Gasteiger partial charge on any atom is 0.309 e. The van der Waals surface area contributed by atoms with Crippen LogP contribution in [0.5, 0.6) is 0 Å². The van der Waals surface area contributed by atoms with Gasteiger partial charge in [0, 0.05) is 19.0 Å². The topological polar surface area (TPSA) is 69.6 Å². The predicted octanol–water partition coefficient (Wildman–Crippen LogP) is 0.308. The zero-order valence-corrected chi connectivity index (χ0v) is 10.1. The highest BCUT2D eigenvalue weighted by Gasteiger charge is 2.31. The number of aliphatic carboxylic acids is 1. The van der Waals surface area contributed by atoms with Crippen molar-refractivity contribution in [2.75, 3.05) is 20.1 Å². The number of nitrogens with zero attached hydrogens (tertiary/aromatic N) is 1. The molecule has 0 aromatic carbocycles. The average Bonchev–Trinajstić information content (AvgIpc) is 2.49. The highest BCUT2D eigenvalue weighted by Crippen LogP contribution is 2.20. The SMILES string of the molecule is CN1CCC(NC(=O)CC(C)(C)C(=O)O)C1. The van der Waals surface area contributed by atoms with Gasteiger partial charge in [-0.05, 0) is 33.9 Å². The smallest absolute Gasteiger partial charge is 0.309 e. The summed E-state index contributed by atoms with van der Waals surface area (Å²) in [5.41, 5.74) is -0.991. The molecule has 5 heteroatoms. The van der Waals surface area contributed by atoms with Gasteiger partial charge in [0.1, 0.15) is 0 Å². The van der Waals surface area contributed by atoms with Crippen molar-refractivity contribution in [3.63, 3.8) is 0 Å². The summed E-state index contributed by atoms with van der Waals surface area (Å²) >= 11 is 0. The lowest BCUT2D eigenvalue weighted by molar-refractivity contribution is -0.149. The average molecular weight is 228 g/mol. The second-order valence-corrected chi connectivity index (χ2v) is 5.18. The minimum absolute atomic E-state index is 0.0303. The third kappa shape index (κ3) is 3.48. The van der Waals surface area contributed by atoms with Crippen LogP contribution >= 0.6 is 0 Å². The lowest BCUT2D eigenvalue weighted by Gasteiger charge is -2.20. The van der Waals surface area contributed by atoms with Gasteiger partial charge in [-0.3, -0.25) is 9.59 Å². The molecule has 2 N–H and O–H groups in total. The number of rotatable bonds is 4. The standard InChI is InChI=1S/C11H20N2O3/c1-11(2,10(15)16)6-9(14)12-8-4-5-13(3)7-8/h8H,4-7H2,1-3H3,(H,12,14)(H,15,16). The van der Waals surface area contributed by atoms with Crippen molar-refractivity contribution >= 4 is 11.9 Å². The van der Waals surface area contributed by atoms with Gasteiger partial charge in [0.25, 0.3) is 0 Å². The summed E-state index contributed by atoms with van der Waals surface area (Å²) < 4.78 is 0. The van der Waals surface area contributed by atoms with Gasteiger partial charge in [0.2, 0.25) is 5.91 Å². The van der Waals surface area contributed by atoms with Crippen LogP contribution < -0.4 is 5.32 Å². The predicted molar refractivity (Wildman–Crippen MR) is 60.1 cm³/mol. The van der Waals surface area contributed by atoms with E-state index in [1.54, 1.807) is 13.8 Å². The van der Waals surface area contributed by atoms with E-state index in [4.69, 9.17) is 5.11 Å². The lowest BCUT2D eigenvalue weighted by Crippen LogP contribution is -2.40. The monoisotopic (exact) mass is 228 g/mol. The van der Waals surface area contributed by atoms with E-state index in [1.807, 2.05) is 7.05 Å². The fraction of sp³-hybridized carbons (Fsp3) is 0.818. The van der Waals surface area contributed by atoms with Crippen LogP contribution in [0.3, 0.4) is 0 Å². The number of hydrogen-bond donors (Lipinski definition) is 2. The minimum Gasteiger partial charge on any atom is -0.481 e. The summed E-state index contributed by atoms with van der Waals surface area (Å²) in [5, 5.41) is 11.8. The molecule has 1 aliphatic heterocycles. The molecule has 1 rings (SSSR count). The molecule has 0 aromatic heterocycles. The van der Waals surface area contributed by atoms with Crippen LogP contribution in [-0.4, -0.2) is 48.1 Å². The Hall–Kier alpha value is -1.10. The summed E-state index contributed by atoms with van der Waals surface area (Å²) in [6.07, 6.45) is 0.971. The first-order valence-corrected chi connectivity index (χ1v) is 5.52. The van der Waals surface area contributed by atoms with Crippen molar-refractivity contribution in [3.8, 4) is 0 Å². The second-order valence-electron chi connectivity index (χ2n) is 5.18. The quantitative estimate of drug-likeness (QED) is 0.726. The highest BCUT2D eigenvalue weighted by molar-refractivity contribution is 5.84. The third-order valence-electron chi connectivity index (χ3n) is 2.94. The van der Waals surface area contributed by atoms with Crippen molar-refractivity contribution in [2.24, 2.45) is 5.41 Å². The summed E-state index contributed by atoms with van der Waals surface area (Å²) in [5.74, 6) is -1.11. The fourth-order valence-electron chi connectivity index (χ4n) is 1.81. The number of carboxylic acids is 1. The summed E-state index contributed by atoms with van der Waals surface area (Å²) in [6, 6.07) is 0.169. The van der Waals surface area contributed by atoms with Crippen molar-refractivity contribution in [3.05, 3.63) is 0 Å². The zero-order chi connectivity index (χ0) is 12.3. The molecule has 1 heterocycles. The number of nitrogens with one attached hydrogen (secondary N) is 1. The van der Waals surface area contributed by atoms with Crippen LogP contribution in [0.4, 0.5) is 0 Å². The molecular formula is C11H20N2O3. The van der Waals surface area contributed by atoms with E-state index >= 15 is 0 Å². The molecule has 1 unspecified atom stereocenters. The molecule has 0 bridgehead atoms. The van der Waals surface area contributed by atoms with E-state index in [1.165, 1.54) is 0 Å². The number of hydrogen-bond acceptors (Lipinski definition) is 3. The van der Waals surface area contributed by atoms with Crippen LogP contribution in [0.1, 0.15) is 26.7 Å². The number of carbonyl (C=O) groups is 2. The fourth-order valence-corrected chi connectivity index (χ4v) is 1.81. The van der Waals surface area contributed by atoms with E-state index < -0.39 is 11.4 Å². The van der Waals surface area contributed by atoms with Gasteiger partial charge in [-0.15, -0.1) is 0 Å². The van der Waals surface area contributed by atoms with E-state index in [9.17, 15) is 9.59 Å². The largest absolute Gasteiger partial charge is 0.481 e. The van der Waals surface area contributed by atoms with Crippen molar-refractivity contribution in [1.29, 1.82) is 0 Å². The molecule has 5 nitrogen and oxygen atoms in total. The molecule has 0 radical (unpaired) electrons. The van der Waals surface area contributed by atoms with Crippen molar-refractivity contribution in [1.82, 2.24) is 10.2 Å². The molecule has 0 spiro atoms. The number of amides is 1. The van der Waals surface area contributed by atoms with Gasteiger partial charge in [0.05, 0.1) is 5.41 Å². The van der Waals surface area contributed by atoms with Gasteiger partial charge in [-0.1, -0.05) is 0 Å². The molecule has 1 atom stereocenters. The van der Waals surface area contributed by atoms with Crippen LogP contribution in [0.2, 0.25) is 0 Å². The molecule has 1 aliphatic rings. The van der Waals surface area contributed by atoms with Gasteiger partial charge < -0.3 is 15.3 Å². The Morgan fingerprint density at radius 1 is 1.50 bits per heavy atom. The normalized spacial score (nSPS) is 22.1. The van der Waals surface area contributed by atoms with Crippen LogP contribution in [0, 0.1) is 5.41 Å². The number of carbonyl (C=O) groups excluding carboxylic acids is 1. The Kier molecular flexibility index (Phi) is 3.91. The van der Waals surface area contributed by atoms with E-state index in [0.717, 1.165) is 19.5 Å². The summed E-state index contributed by atoms with van der Waals surface area (Å²) in [4.78, 5) is 24.6. The van der Waals surface area contributed by atoms with Crippen LogP contribution in [0.25, 0.3) is 0 Å². The molecule has 16 heavy (non-hydrogen) atoms. The number of likely N-dealkylation sites (N-methyl/N-ethyl adjacent to an activating group) is 1. The lowest BCUT2D eigenvalue weighted by atomic mass is 9.89. The van der Waals surface area contributed by atoms with E-state index in [0.29, 0.717) is 0 Å². The minimum atomic E-state index is -0.991. The zero-order valence-electron chi connectivity index (χ0n) is 10.1. The van der Waals surface area contributed by atoms with Gasteiger partial charge in [-0.25, -0.2) is 0 Å². The molecule has 1 amide bonds. The molecule has 0 saturated carbocycles. The Balaban J connectivity index is 2.39.